The smallest absolute Gasteiger partial charge is 0.150 e. The summed E-state index contributed by atoms with van der Waals surface area (Å²) in [4.78, 5) is 4.09. The van der Waals surface area contributed by atoms with Crippen molar-refractivity contribution < 1.29 is 13.2 Å². The molecule has 123 valence electrons. The number of rotatable bonds is 3. The van der Waals surface area contributed by atoms with E-state index in [1.807, 2.05) is 6.07 Å². The lowest BCUT2D eigenvalue weighted by Crippen LogP contribution is -1.92. The van der Waals surface area contributed by atoms with Crippen molar-refractivity contribution >= 4 is 11.0 Å². The van der Waals surface area contributed by atoms with Gasteiger partial charge in [0.2, 0.25) is 0 Å². The largest absolute Gasteiger partial charge is 0.459 e. The number of fused-ring (bicyclic) bond motifs is 1. The SMILES string of the molecule is NCc1cc2cc(-c3nc[c]cc3F)cc(-c3ccc(F)cc3)c2o1. The van der Waals surface area contributed by atoms with Crippen molar-refractivity contribution in [3.8, 4) is 22.4 Å². The van der Waals surface area contributed by atoms with Crippen molar-refractivity contribution in [3.05, 3.63) is 78.2 Å². The zero-order valence-electron chi connectivity index (χ0n) is 13.1. The highest BCUT2D eigenvalue weighted by atomic mass is 19.1. The second kappa shape index (κ2) is 6.11. The van der Waals surface area contributed by atoms with Crippen molar-refractivity contribution in [2.75, 3.05) is 0 Å². The minimum atomic E-state index is -0.463. The predicted molar refractivity (Wildman–Crippen MR) is 91.5 cm³/mol. The number of halogens is 2. The third kappa shape index (κ3) is 2.79. The highest BCUT2D eigenvalue weighted by Gasteiger charge is 2.15. The van der Waals surface area contributed by atoms with Crippen LogP contribution in [0.4, 0.5) is 8.78 Å². The molecule has 4 aromatic rings. The van der Waals surface area contributed by atoms with Gasteiger partial charge in [0.15, 0.2) is 0 Å². The quantitative estimate of drug-likeness (QED) is 0.590. The molecule has 0 saturated heterocycles. The standard InChI is InChI=1S/C20H13F2N2O/c21-15-5-3-12(4-6-15)17-10-13(19-18(22)2-1-7-24-19)8-14-9-16(11-23)25-20(14)17/h2-10H,11,23H2. The third-order valence-corrected chi connectivity index (χ3v) is 4.00. The molecule has 2 aromatic carbocycles. The van der Waals surface area contributed by atoms with Crippen LogP contribution < -0.4 is 5.73 Å². The average molecular weight is 335 g/mol. The fourth-order valence-corrected chi connectivity index (χ4v) is 2.84. The molecule has 0 unspecified atom stereocenters. The van der Waals surface area contributed by atoms with E-state index in [1.54, 1.807) is 24.3 Å². The van der Waals surface area contributed by atoms with Gasteiger partial charge in [0.25, 0.3) is 0 Å². The van der Waals surface area contributed by atoms with E-state index in [4.69, 9.17) is 10.2 Å². The maximum atomic E-state index is 14.1. The van der Waals surface area contributed by atoms with Gasteiger partial charge in [-0.3, -0.25) is 4.98 Å². The first-order valence-electron chi connectivity index (χ1n) is 7.70. The van der Waals surface area contributed by atoms with Crippen LogP contribution in [0.5, 0.6) is 0 Å². The van der Waals surface area contributed by atoms with Gasteiger partial charge in [-0.1, -0.05) is 12.1 Å². The molecule has 0 aliphatic heterocycles. The minimum absolute atomic E-state index is 0.222. The molecular weight excluding hydrogens is 322 g/mol. The summed E-state index contributed by atoms with van der Waals surface area (Å²) in [5.41, 5.74) is 8.60. The monoisotopic (exact) mass is 335 g/mol. The summed E-state index contributed by atoms with van der Waals surface area (Å²) in [6.07, 6.45) is 1.42. The first-order valence-corrected chi connectivity index (χ1v) is 7.70. The zero-order valence-corrected chi connectivity index (χ0v) is 13.1. The lowest BCUT2D eigenvalue weighted by molar-refractivity contribution is 0.553. The van der Waals surface area contributed by atoms with Gasteiger partial charge in [-0.2, -0.15) is 0 Å². The first kappa shape index (κ1) is 15.5. The highest BCUT2D eigenvalue weighted by molar-refractivity contribution is 5.96. The molecule has 0 aliphatic carbocycles. The van der Waals surface area contributed by atoms with E-state index in [9.17, 15) is 8.78 Å². The van der Waals surface area contributed by atoms with Crippen LogP contribution in [0, 0.1) is 17.7 Å². The Morgan fingerprint density at radius 1 is 1.04 bits per heavy atom. The minimum Gasteiger partial charge on any atom is -0.459 e. The Labute approximate surface area is 142 Å². The normalized spacial score (nSPS) is 11.2. The van der Waals surface area contributed by atoms with Gasteiger partial charge < -0.3 is 10.2 Å². The molecule has 5 heteroatoms. The number of nitrogens with zero attached hydrogens (tertiary/aromatic N) is 1. The maximum Gasteiger partial charge on any atom is 0.150 e. The van der Waals surface area contributed by atoms with Gasteiger partial charge in [-0.25, -0.2) is 8.78 Å². The number of benzene rings is 2. The summed E-state index contributed by atoms with van der Waals surface area (Å²) in [5, 5.41) is 0.784. The van der Waals surface area contributed by atoms with Crippen LogP contribution in [0.25, 0.3) is 33.4 Å². The summed E-state index contributed by atoms with van der Waals surface area (Å²) in [5.74, 6) is -0.177. The Morgan fingerprint density at radius 3 is 2.56 bits per heavy atom. The molecular formula is C20H13F2N2O. The molecule has 2 N–H and O–H groups in total. The van der Waals surface area contributed by atoms with Gasteiger partial charge in [-0.05, 0) is 42.0 Å². The molecule has 25 heavy (non-hydrogen) atoms. The fraction of sp³-hybridized carbons (Fsp3) is 0.0500. The van der Waals surface area contributed by atoms with Gasteiger partial charge in [0.1, 0.15) is 28.7 Å². The zero-order chi connectivity index (χ0) is 17.4. The molecule has 0 spiro atoms. The molecule has 0 aliphatic rings. The third-order valence-electron chi connectivity index (χ3n) is 4.00. The van der Waals surface area contributed by atoms with E-state index in [0.29, 0.717) is 16.9 Å². The number of aromatic nitrogens is 1. The second-order valence-corrected chi connectivity index (χ2v) is 5.63. The lowest BCUT2D eigenvalue weighted by Gasteiger charge is -2.08. The van der Waals surface area contributed by atoms with Gasteiger partial charge in [0.05, 0.1) is 6.54 Å². The van der Waals surface area contributed by atoms with Crippen LogP contribution >= 0.6 is 0 Å². The molecule has 0 atom stereocenters. The van der Waals surface area contributed by atoms with Crippen LogP contribution in [-0.2, 0) is 6.54 Å². The van der Waals surface area contributed by atoms with Crippen LogP contribution in [0.3, 0.4) is 0 Å². The summed E-state index contributed by atoms with van der Waals surface area (Å²) in [6.45, 7) is 0.250. The highest BCUT2D eigenvalue weighted by Crippen LogP contribution is 2.36. The van der Waals surface area contributed by atoms with Crippen molar-refractivity contribution in [1.82, 2.24) is 4.98 Å². The molecule has 0 amide bonds. The Morgan fingerprint density at radius 2 is 1.84 bits per heavy atom. The Balaban J connectivity index is 2.00. The van der Waals surface area contributed by atoms with Crippen molar-refractivity contribution in [3.63, 3.8) is 0 Å². The van der Waals surface area contributed by atoms with E-state index >= 15 is 0 Å². The lowest BCUT2D eigenvalue weighted by atomic mass is 9.98. The van der Waals surface area contributed by atoms with Crippen LogP contribution in [0.1, 0.15) is 5.76 Å². The first-order chi connectivity index (χ1) is 12.2. The molecule has 3 nitrogen and oxygen atoms in total. The number of pyridine rings is 1. The molecule has 0 saturated carbocycles. The Hall–Kier alpha value is -3.05. The summed E-state index contributed by atoms with van der Waals surface area (Å²) < 4.78 is 33.2. The van der Waals surface area contributed by atoms with Gasteiger partial charge >= 0.3 is 0 Å². The molecule has 4 rings (SSSR count). The van der Waals surface area contributed by atoms with Gasteiger partial charge in [-0.15, -0.1) is 0 Å². The van der Waals surface area contributed by atoms with E-state index in [-0.39, 0.29) is 18.1 Å². The molecule has 0 bridgehead atoms. The fourth-order valence-electron chi connectivity index (χ4n) is 2.84. The molecule has 1 radical (unpaired) electrons. The number of furan rings is 1. The number of hydrogen-bond acceptors (Lipinski definition) is 3. The average Bonchev–Trinajstić information content (AvgIpc) is 3.05. The topological polar surface area (TPSA) is 52.0 Å². The van der Waals surface area contributed by atoms with E-state index in [1.165, 1.54) is 24.4 Å². The van der Waals surface area contributed by atoms with Gasteiger partial charge in [0, 0.05) is 28.8 Å². The molecule has 2 aromatic heterocycles. The second-order valence-electron chi connectivity index (χ2n) is 5.63. The molecule has 0 fully saturated rings. The predicted octanol–water partition coefficient (Wildman–Crippen LogP) is 4.70. The van der Waals surface area contributed by atoms with E-state index < -0.39 is 5.82 Å². The summed E-state index contributed by atoms with van der Waals surface area (Å²) >= 11 is 0. The summed E-state index contributed by atoms with van der Waals surface area (Å²) in [7, 11) is 0. The maximum absolute atomic E-state index is 14.1. The van der Waals surface area contributed by atoms with Crippen LogP contribution in [0.2, 0.25) is 0 Å². The van der Waals surface area contributed by atoms with Crippen LogP contribution in [-0.4, -0.2) is 4.98 Å². The number of nitrogens with two attached hydrogens (primary N) is 1. The Kier molecular flexibility index (Phi) is 3.78. The van der Waals surface area contributed by atoms with Crippen LogP contribution in [0.15, 0.2) is 59.1 Å². The van der Waals surface area contributed by atoms with Crippen molar-refractivity contribution in [1.29, 1.82) is 0 Å². The van der Waals surface area contributed by atoms with Crippen molar-refractivity contribution in [2.24, 2.45) is 5.73 Å². The summed E-state index contributed by atoms with van der Waals surface area (Å²) in [6, 6.07) is 15.3. The van der Waals surface area contributed by atoms with Crippen molar-refractivity contribution in [2.45, 2.75) is 6.54 Å². The van der Waals surface area contributed by atoms with E-state index in [0.717, 1.165) is 16.5 Å². The Bertz CT molecular complexity index is 1060. The van der Waals surface area contributed by atoms with E-state index in [2.05, 4.69) is 11.1 Å². The molecule has 2 heterocycles. The number of hydrogen-bond donors (Lipinski definition) is 1.